The fourth-order valence-electron chi connectivity index (χ4n) is 8.04. The van der Waals surface area contributed by atoms with Gasteiger partial charge in [0.1, 0.15) is 24.7 Å². The van der Waals surface area contributed by atoms with Gasteiger partial charge in [-0.15, -0.1) is 0 Å². The summed E-state index contributed by atoms with van der Waals surface area (Å²) >= 11 is 0. The van der Waals surface area contributed by atoms with Crippen LogP contribution in [0.4, 0.5) is 0 Å². The van der Waals surface area contributed by atoms with E-state index >= 15 is 0 Å². The van der Waals surface area contributed by atoms with E-state index in [1.54, 1.807) is 0 Å². The number of benzene rings is 4. The first-order chi connectivity index (χ1) is 24.6. The van der Waals surface area contributed by atoms with Gasteiger partial charge in [0.05, 0.1) is 18.6 Å². The Morgan fingerprint density at radius 2 is 0.860 bits per heavy atom. The van der Waals surface area contributed by atoms with Crippen LogP contribution in [-0.4, -0.2) is 36.6 Å². The maximum absolute atomic E-state index is 9.83. The second-order valence-electron chi connectivity index (χ2n) is 14.0. The van der Waals surface area contributed by atoms with Crippen LogP contribution in [0.2, 0.25) is 0 Å². The largest absolute Gasteiger partial charge is 0.491 e. The SMILES string of the molecule is CCCCc1cc(C2(c3cc(CCCC)c(OCCO)c(CCCC)c3)c3ccccc3Cc3ccccc32)cc(CCCC)c1OCCO. The van der Waals surface area contributed by atoms with Gasteiger partial charge in [-0.2, -0.15) is 0 Å². The van der Waals surface area contributed by atoms with Crippen LogP contribution in [0.3, 0.4) is 0 Å². The molecule has 4 nitrogen and oxygen atoms in total. The molecule has 0 unspecified atom stereocenters. The minimum absolute atomic E-state index is 0.00134. The highest BCUT2D eigenvalue weighted by Gasteiger charge is 2.45. The lowest BCUT2D eigenvalue weighted by Gasteiger charge is -2.43. The fraction of sp³-hybridized carbons (Fsp3) is 0.478. The smallest absolute Gasteiger partial charge is 0.125 e. The Balaban J connectivity index is 1.93. The standard InChI is InChI=1S/C46H60O4/c1-5-9-17-36-30-40(31-37(18-10-6-2)44(36)49-27-25-47)46(42-23-15-13-21-34(42)29-35-22-14-16-24-43(35)46)41-32-38(19-11-7-3)45(50-28-26-48)39(33-41)20-12-8-4/h13-16,21-24,30-33,47-48H,5-12,17-20,25-29H2,1-4H3. The molecule has 50 heavy (non-hydrogen) atoms. The molecule has 0 radical (unpaired) electrons. The van der Waals surface area contributed by atoms with Crippen molar-refractivity contribution in [1.29, 1.82) is 0 Å². The van der Waals surface area contributed by atoms with Crippen LogP contribution in [0.1, 0.15) is 135 Å². The van der Waals surface area contributed by atoms with Crippen molar-refractivity contribution in [3.63, 3.8) is 0 Å². The zero-order chi connectivity index (χ0) is 35.3. The summed E-state index contributed by atoms with van der Waals surface area (Å²) in [6.45, 7) is 9.60. The summed E-state index contributed by atoms with van der Waals surface area (Å²) in [5.41, 5.74) is 12.4. The van der Waals surface area contributed by atoms with Crippen LogP contribution in [0.15, 0.2) is 72.8 Å². The summed E-state index contributed by atoms with van der Waals surface area (Å²) in [4.78, 5) is 0. The molecular weight excluding hydrogens is 617 g/mol. The number of aliphatic hydroxyl groups excluding tert-OH is 2. The highest BCUT2D eigenvalue weighted by Crippen LogP contribution is 2.53. The van der Waals surface area contributed by atoms with E-state index in [2.05, 4.69) is 100 Å². The molecule has 268 valence electrons. The molecule has 0 aliphatic heterocycles. The van der Waals surface area contributed by atoms with Crippen LogP contribution >= 0.6 is 0 Å². The number of rotatable bonds is 20. The second-order valence-corrected chi connectivity index (χ2v) is 14.0. The molecule has 4 heteroatoms. The molecule has 0 fully saturated rings. The topological polar surface area (TPSA) is 58.9 Å². The molecule has 0 atom stereocenters. The predicted molar refractivity (Wildman–Crippen MR) is 207 cm³/mol. The van der Waals surface area contributed by atoms with E-state index in [0.29, 0.717) is 13.2 Å². The average molecular weight is 677 g/mol. The molecule has 5 rings (SSSR count). The van der Waals surface area contributed by atoms with E-state index in [0.717, 1.165) is 95.0 Å². The summed E-state index contributed by atoms with van der Waals surface area (Å²) in [7, 11) is 0. The molecule has 0 saturated carbocycles. The quantitative estimate of drug-likeness (QED) is 0.0862. The molecule has 1 aliphatic carbocycles. The zero-order valence-corrected chi connectivity index (χ0v) is 31.2. The zero-order valence-electron chi connectivity index (χ0n) is 31.2. The van der Waals surface area contributed by atoms with Crippen LogP contribution in [0, 0.1) is 0 Å². The summed E-state index contributed by atoms with van der Waals surface area (Å²) in [5.74, 6) is 1.94. The van der Waals surface area contributed by atoms with Crippen LogP contribution in [-0.2, 0) is 37.5 Å². The van der Waals surface area contributed by atoms with Crippen molar-refractivity contribution in [2.75, 3.05) is 26.4 Å². The fourth-order valence-corrected chi connectivity index (χ4v) is 8.04. The summed E-state index contributed by atoms with van der Waals surface area (Å²) in [6, 6.07) is 28.0. The summed E-state index contributed by atoms with van der Waals surface area (Å²) in [5, 5.41) is 19.7. The lowest BCUT2D eigenvalue weighted by Crippen LogP contribution is -2.36. The molecule has 0 spiro atoms. The number of hydrogen-bond donors (Lipinski definition) is 2. The Bertz CT molecular complexity index is 1490. The van der Waals surface area contributed by atoms with E-state index in [-0.39, 0.29) is 13.2 Å². The predicted octanol–water partition coefficient (Wildman–Crippen LogP) is 10.1. The van der Waals surface area contributed by atoms with Crippen LogP contribution in [0.5, 0.6) is 11.5 Å². The highest BCUT2D eigenvalue weighted by molar-refractivity contribution is 5.69. The Kier molecular flexibility index (Phi) is 14.0. The lowest BCUT2D eigenvalue weighted by atomic mass is 9.59. The monoisotopic (exact) mass is 676 g/mol. The Hall–Kier alpha value is -3.60. The van der Waals surface area contributed by atoms with Gasteiger partial charge in [0.25, 0.3) is 0 Å². The molecule has 4 aromatic rings. The van der Waals surface area contributed by atoms with Gasteiger partial charge in [-0.25, -0.2) is 0 Å². The third kappa shape index (κ3) is 7.98. The van der Waals surface area contributed by atoms with Crippen molar-refractivity contribution >= 4 is 0 Å². The van der Waals surface area contributed by atoms with Crippen molar-refractivity contribution < 1.29 is 19.7 Å². The Labute approximate surface area is 301 Å². The summed E-state index contributed by atoms with van der Waals surface area (Å²) < 4.78 is 12.8. The number of ether oxygens (including phenoxy) is 2. The third-order valence-electron chi connectivity index (χ3n) is 10.4. The van der Waals surface area contributed by atoms with Gasteiger partial charge < -0.3 is 19.7 Å². The highest BCUT2D eigenvalue weighted by atomic mass is 16.5. The normalized spacial score (nSPS) is 13.2. The summed E-state index contributed by atoms with van der Waals surface area (Å²) in [6.07, 6.45) is 13.3. The van der Waals surface area contributed by atoms with E-state index in [9.17, 15) is 10.2 Å². The van der Waals surface area contributed by atoms with Gasteiger partial charge in [0.2, 0.25) is 0 Å². The van der Waals surface area contributed by atoms with Crippen molar-refractivity contribution in [1.82, 2.24) is 0 Å². The van der Waals surface area contributed by atoms with E-state index in [1.165, 1.54) is 55.6 Å². The number of aryl methyl sites for hydroxylation is 4. The molecule has 4 aromatic carbocycles. The number of hydrogen-bond acceptors (Lipinski definition) is 4. The van der Waals surface area contributed by atoms with Gasteiger partial charge in [-0.3, -0.25) is 0 Å². The maximum Gasteiger partial charge on any atom is 0.125 e. The Morgan fingerprint density at radius 3 is 1.18 bits per heavy atom. The van der Waals surface area contributed by atoms with Crippen LogP contribution < -0.4 is 9.47 Å². The first-order valence-corrected chi connectivity index (χ1v) is 19.5. The first-order valence-electron chi connectivity index (χ1n) is 19.5. The van der Waals surface area contributed by atoms with Gasteiger partial charge in [0, 0.05) is 0 Å². The van der Waals surface area contributed by atoms with Crippen molar-refractivity contribution in [3.8, 4) is 11.5 Å². The van der Waals surface area contributed by atoms with Crippen molar-refractivity contribution in [2.24, 2.45) is 0 Å². The molecular formula is C46H60O4. The lowest BCUT2D eigenvalue weighted by molar-refractivity contribution is 0.199. The number of aliphatic hydroxyl groups is 2. The number of fused-ring (bicyclic) bond motifs is 2. The molecule has 1 aliphatic rings. The molecule has 0 saturated heterocycles. The van der Waals surface area contributed by atoms with Gasteiger partial charge in [-0.05, 0) is 113 Å². The van der Waals surface area contributed by atoms with E-state index in [1.807, 2.05) is 0 Å². The van der Waals surface area contributed by atoms with Gasteiger partial charge in [0.15, 0.2) is 0 Å². The van der Waals surface area contributed by atoms with Crippen molar-refractivity contribution in [2.45, 2.75) is 117 Å². The second kappa shape index (κ2) is 18.6. The number of unbranched alkanes of at least 4 members (excludes halogenated alkanes) is 4. The minimum Gasteiger partial charge on any atom is -0.491 e. The third-order valence-corrected chi connectivity index (χ3v) is 10.4. The van der Waals surface area contributed by atoms with Crippen LogP contribution in [0.25, 0.3) is 0 Å². The average Bonchev–Trinajstić information content (AvgIpc) is 3.15. The molecule has 0 heterocycles. The van der Waals surface area contributed by atoms with Gasteiger partial charge >= 0.3 is 0 Å². The molecule has 0 bridgehead atoms. The van der Waals surface area contributed by atoms with E-state index < -0.39 is 5.41 Å². The first kappa shape index (κ1) is 37.7. The van der Waals surface area contributed by atoms with Crippen molar-refractivity contribution in [3.05, 3.63) is 128 Å². The Morgan fingerprint density at radius 1 is 0.520 bits per heavy atom. The van der Waals surface area contributed by atoms with Gasteiger partial charge in [-0.1, -0.05) is 126 Å². The van der Waals surface area contributed by atoms with E-state index in [4.69, 9.17) is 9.47 Å². The molecule has 0 amide bonds. The molecule has 2 N–H and O–H groups in total. The molecule has 0 aromatic heterocycles. The maximum atomic E-state index is 9.83. The minimum atomic E-state index is -0.555.